The molecule has 5 nitrogen and oxygen atoms in total. The van der Waals surface area contributed by atoms with Gasteiger partial charge in [0, 0.05) is 20.1 Å². The van der Waals surface area contributed by atoms with Crippen LogP contribution >= 0.6 is 0 Å². The number of hydrogen-bond acceptors (Lipinski definition) is 4. The summed E-state index contributed by atoms with van der Waals surface area (Å²) in [5.74, 6) is 1.94. The lowest BCUT2D eigenvalue weighted by Crippen LogP contribution is -2.65. The molecule has 3 saturated carbocycles. The highest BCUT2D eigenvalue weighted by Gasteiger charge is 2.64. The van der Waals surface area contributed by atoms with E-state index >= 15 is 0 Å². The number of amides is 1. The number of nitrogens with zero attached hydrogens (tertiary/aromatic N) is 1. The highest BCUT2D eigenvalue weighted by molar-refractivity contribution is 5.76. The number of rotatable bonds is 5. The maximum Gasteiger partial charge on any atom is 0.246 e. The molecule has 4 rings (SSSR count). The second-order valence-corrected chi connectivity index (χ2v) is 10.2. The second-order valence-electron chi connectivity index (χ2n) is 10.2. The summed E-state index contributed by atoms with van der Waals surface area (Å²) in [6.07, 6.45) is 9.02. The average Bonchev–Trinajstić information content (AvgIpc) is 3.02. The van der Waals surface area contributed by atoms with Crippen LogP contribution in [0, 0.1) is 28.6 Å². The molecular weight excluding hydrogens is 354 g/mol. The Hall–Kier alpha value is -0.650. The Labute approximate surface area is 170 Å². The number of carbonyl (C=O) groups excluding carboxylic acids is 1. The molecule has 1 saturated heterocycles. The van der Waals surface area contributed by atoms with E-state index in [1.54, 1.807) is 12.2 Å². The number of carbonyl (C=O) groups is 1. The molecule has 3 aliphatic carbocycles. The molecule has 0 spiro atoms. The molecule has 28 heavy (non-hydrogen) atoms. The van der Waals surface area contributed by atoms with Gasteiger partial charge in [-0.05, 0) is 73.5 Å². The molecule has 1 heterocycles. The van der Waals surface area contributed by atoms with Crippen LogP contribution in [0.25, 0.3) is 0 Å². The van der Waals surface area contributed by atoms with Crippen molar-refractivity contribution < 1.29 is 19.1 Å². The number of piperidine rings is 1. The van der Waals surface area contributed by atoms with E-state index < -0.39 is 0 Å². The number of hydroxylamine groups is 2. The number of hydrogen-bond donors (Lipinski definition) is 0. The normalized spacial score (nSPS) is 48.2. The van der Waals surface area contributed by atoms with Crippen molar-refractivity contribution >= 4 is 5.91 Å². The molecule has 0 radical (unpaired) electrons. The van der Waals surface area contributed by atoms with Gasteiger partial charge in [-0.1, -0.05) is 20.8 Å². The molecular formula is C23H39NO4. The Morgan fingerprint density at radius 2 is 1.82 bits per heavy atom. The van der Waals surface area contributed by atoms with Crippen molar-refractivity contribution in [2.24, 2.45) is 28.6 Å². The zero-order valence-electron chi connectivity index (χ0n) is 18.4. The van der Waals surface area contributed by atoms with Crippen molar-refractivity contribution in [2.75, 3.05) is 20.8 Å². The maximum atomic E-state index is 12.5. The summed E-state index contributed by atoms with van der Waals surface area (Å²) in [5, 5.41) is 1.68. The average molecular weight is 394 g/mol. The fourth-order valence-corrected chi connectivity index (χ4v) is 7.72. The highest BCUT2D eigenvalue weighted by Crippen LogP contribution is 2.65. The highest BCUT2D eigenvalue weighted by atomic mass is 16.7. The van der Waals surface area contributed by atoms with Crippen LogP contribution in [0.4, 0.5) is 0 Å². The van der Waals surface area contributed by atoms with Crippen LogP contribution < -0.4 is 0 Å². The number of methoxy groups -OCH3 is 1. The Kier molecular flexibility index (Phi) is 5.56. The second kappa shape index (κ2) is 7.55. The monoisotopic (exact) mass is 393 g/mol. The summed E-state index contributed by atoms with van der Waals surface area (Å²) in [7, 11) is 3.50. The lowest BCUT2D eigenvalue weighted by molar-refractivity contribution is -0.253. The molecule has 1 aliphatic heterocycles. The third kappa shape index (κ3) is 2.87. The van der Waals surface area contributed by atoms with Gasteiger partial charge in [0.2, 0.25) is 5.91 Å². The minimum absolute atomic E-state index is 0.118. The van der Waals surface area contributed by atoms with Gasteiger partial charge in [0.1, 0.15) is 0 Å². The van der Waals surface area contributed by atoms with Gasteiger partial charge in [-0.3, -0.25) is 9.63 Å². The molecule has 0 aromatic heterocycles. The first-order chi connectivity index (χ1) is 13.4. The van der Waals surface area contributed by atoms with Crippen LogP contribution in [0.15, 0.2) is 0 Å². The molecule has 0 bridgehead atoms. The van der Waals surface area contributed by atoms with Gasteiger partial charge in [0.05, 0.1) is 25.4 Å². The summed E-state index contributed by atoms with van der Waals surface area (Å²) in [4.78, 5) is 18.1. The van der Waals surface area contributed by atoms with Gasteiger partial charge < -0.3 is 9.47 Å². The predicted molar refractivity (Wildman–Crippen MR) is 107 cm³/mol. The van der Waals surface area contributed by atoms with E-state index in [4.69, 9.17) is 14.3 Å². The fourth-order valence-electron chi connectivity index (χ4n) is 7.72. The zero-order chi connectivity index (χ0) is 20.1. The number of fused-ring (bicyclic) bond motifs is 5. The van der Waals surface area contributed by atoms with Crippen LogP contribution in [-0.4, -0.2) is 50.0 Å². The van der Waals surface area contributed by atoms with Crippen molar-refractivity contribution in [3.63, 3.8) is 0 Å². The Bertz CT molecular complexity index is 597. The lowest BCUT2D eigenvalue weighted by atomic mass is 9.46. The van der Waals surface area contributed by atoms with Gasteiger partial charge in [0.25, 0.3) is 0 Å². The maximum absolute atomic E-state index is 12.5. The molecule has 5 heteroatoms. The van der Waals surface area contributed by atoms with Crippen LogP contribution in [0.1, 0.15) is 72.1 Å². The molecule has 0 aromatic carbocycles. The largest absolute Gasteiger partial charge is 0.381 e. The summed E-state index contributed by atoms with van der Waals surface area (Å²) in [5.41, 5.74) is 0.384. The van der Waals surface area contributed by atoms with Gasteiger partial charge >= 0.3 is 0 Å². The molecule has 3 unspecified atom stereocenters. The van der Waals surface area contributed by atoms with Crippen molar-refractivity contribution in [1.82, 2.24) is 5.06 Å². The van der Waals surface area contributed by atoms with E-state index in [1.807, 2.05) is 7.11 Å². The van der Waals surface area contributed by atoms with E-state index in [0.29, 0.717) is 30.3 Å². The third-order valence-corrected chi connectivity index (χ3v) is 9.17. The molecule has 1 amide bonds. The number of ether oxygens (including phenoxy) is 2. The predicted octanol–water partition coefficient (Wildman–Crippen LogP) is 4.20. The van der Waals surface area contributed by atoms with Gasteiger partial charge in [-0.2, -0.15) is 0 Å². The first-order valence-electron chi connectivity index (χ1n) is 11.4. The van der Waals surface area contributed by atoms with Crippen molar-refractivity contribution in [2.45, 2.75) is 90.4 Å². The molecule has 8 atom stereocenters. The Morgan fingerprint density at radius 1 is 1.07 bits per heavy atom. The van der Waals surface area contributed by atoms with E-state index in [2.05, 4.69) is 20.8 Å². The SMILES string of the molecule is CCCOC1CC[C@H]2[C@@H]3C(OC)CC4N(OC)C(=O)CC[C@]4(C)[C@@H]3CC[C@]12C. The zero-order valence-corrected chi connectivity index (χ0v) is 18.4. The Morgan fingerprint density at radius 3 is 2.50 bits per heavy atom. The van der Waals surface area contributed by atoms with E-state index in [1.165, 1.54) is 25.7 Å². The first-order valence-corrected chi connectivity index (χ1v) is 11.4. The fraction of sp³-hybridized carbons (Fsp3) is 0.957. The molecule has 0 N–H and O–H groups in total. The van der Waals surface area contributed by atoms with E-state index in [-0.39, 0.29) is 28.9 Å². The lowest BCUT2D eigenvalue weighted by Gasteiger charge is -2.63. The van der Waals surface area contributed by atoms with Crippen LogP contribution in [0.3, 0.4) is 0 Å². The summed E-state index contributed by atoms with van der Waals surface area (Å²) in [6.45, 7) is 7.97. The van der Waals surface area contributed by atoms with Crippen LogP contribution in [0.5, 0.6) is 0 Å². The third-order valence-electron chi connectivity index (χ3n) is 9.17. The summed E-state index contributed by atoms with van der Waals surface area (Å²) in [6, 6.07) is 0.128. The van der Waals surface area contributed by atoms with Gasteiger partial charge in [-0.25, -0.2) is 5.06 Å². The Balaban J connectivity index is 1.65. The topological polar surface area (TPSA) is 48.0 Å². The molecule has 0 aromatic rings. The van der Waals surface area contributed by atoms with E-state index in [9.17, 15) is 4.79 Å². The van der Waals surface area contributed by atoms with Crippen molar-refractivity contribution in [3.05, 3.63) is 0 Å². The molecule has 4 aliphatic rings. The van der Waals surface area contributed by atoms with Gasteiger partial charge in [0.15, 0.2) is 0 Å². The molecule has 4 fully saturated rings. The van der Waals surface area contributed by atoms with Crippen LogP contribution in [0.2, 0.25) is 0 Å². The van der Waals surface area contributed by atoms with Gasteiger partial charge in [-0.15, -0.1) is 0 Å². The summed E-state index contributed by atoms with van der Waals surface area (Å²) < 4.78 is 12.5. The van der Waals surface area contributed by atoms with Crippen molar-refractivity contribution in [1.29, 1.82) is 0 Å². The van der Waals surface area contributed by atoms with E-state index in [0.717, 1.165) is 25.9 Å². The first kappa shape index (κ1) is 20.6. The minimum Gasteiger partial charge on any atom is -0.381 e. The molecule has 160 valence electrons. The smallest absolute Gasteiger partial charge is 0.246 e. The van der Waals surface area contributed by atoms with Crippen LogP contribution in [-0.2, 0) is 19.1 Å². The summed E-state index contributed by atoms with van der Waals surface area (Å²) >= 11 is 0. The quantitative estimate of drug-likeness (QED) is 0.702. The van der Waals surface area contributed by atoms with Crippen molar-refractivity contribution in [3.8, 4) is 0 Å². The standard InChI is InChI=1S/C23H39NO4/c1-6-13-28-19-8-7-15-21-16(9-11-23(15,19)3)22(2)12-10-20(25)24(27-5)18(22)14-17(21)26-4/h15-19,21H,6-14H2,1-5H3/t15-,16+,17?,18?,19?,21-,22+,23-/m0/s1. The minimum atomic E-state index is 0.118.